The molecule has 0 aliphatic heterocycles. The van der Waals surface area contributed by atoms with Crippen LogP contribution in [0.5, 0.6) is 0 Å². The first-order valence-corrected chi connectivity index (χ1v) is 5.78. The molecule has 0 unspecified atom stereocenters. The van der Waals surface area contributed by atoms with E-state index in [1.165, 1.54) is 5.56 Å². The van der Waals surface area contributed by atoms with Crippen molar-refractivity contribution in [3.63, 3.8) is 0 Å². The van der Waals surface area contributed by atoms with E-state index in [1.807, 2.05) is 24.3 Å². The lowest BCUT2D eigenvalue weighted by atomic mass is 9.86. The van der Waals surface area contributed by atoms with Crippen LogP contribution in [0.15, 0.2) is 24.3 Å². The molecule has 1 aromatic rings. The van der Waals surface area contributed by atoms with E-state index in [0.29, 0.717) is 6.42 Å². The summed E-state index contributed by atoms with van der Waals surface area (Å²) in [6, 6.07) is 7.96. The molecule has 2 N–H and O–H groups in total. The molecule has 3 nitrogen and oxygen atoms in total. The summed E-state index contributed by atoms with van der Waals surface area (Å²) in [5, 5.41) is 18.1. The Balaban J connectivity index is 2.66. The van der Waals surface area contributed by atoms with E-state index >= 15 is 0 Å². The molecular formula is C14H20O3. The lowest BCUT2D eigenvalue weighted by Gasteiger charge is -2.19. The molecule has 0 saturated carbocycles. The van der Waals surface area contributed by atoms with E-state index < -0.39 is 12.1 Å². The summed E-state index contributed by atoms with van der Waals surface area (Å²) in [4.78, 5) is 10.4. The predicted molar refractivity (Wildman–Crippen MR) is 67.1 cm³/mol. The zero-order valence-corrected chi connectivity index (χ0v) is 10.6. The molecule has 1 rings (SSSR count). The van der Waals surface area contributed by atoms with E-state index in [1.54, 1.807) is 0 Å². The number of rotatable bonds is 4. The largest absolute Gasteiger partial charge is 0.481 e. The first-order valence-electron chi connectivity index (χ1n) is 5.78. The summed E-state index contributed by atoms with van der Waals surface area (Å²) >= 11 is 0. The zero-order valence-electron chi connectivity index (χ0n) is 10.6. The smallest absolute Gasteiger partial charge is 0.305 e. The highest BCUT2D eigenvalue weighted by Crippen LogP contribution is 2.22. The molecule has 0 saturated heterocycles. The minimum atomic E-state index is -0.969. The second-order valence-corrected chi connectivity index (χ2v) is 5.40. The van der Waals surface area contributed by atoms with Crippen molar-refractivity contribution in [2.45, 2.75) is 45.1 Å². The van der Waals surface area contributed by atoms with Gasteiger partial charge in [0.15, 0.2) is 0 Å². The molecule has 94 valence electrons. The van der Waals surface area contributed by atoms with Gasteiger partial charge in [0.25, 0.3) is 0 Å². The Bertz CT molecular complexity index is 373. The van der Waals surface area contributed by atoms with Gasteiger partial charge in [-0.25, -0.2) is 0 Å². The number of aliphatic hydroxyl groups is 1. The molecule has 0 bridgehead atoms. The van der Waals surface area contributed by atoms with Crippen molar-refractivity contribution in [2.24, 2.45) is 0 Å². The van der Waals surface area contributed by atoms with Crippen molar-refractivity contribution in [2.75, 3.05) is 0 Å². The van der Waals surface area contributed by atoms with Crippen molar-refractivity contribution in [3.8, 4) is 0 Å². The third kappa shape index (κ3) is 4.57. The first-order chi connectivity index (χ1) is 7.79. The van der Waals surface area contributed by atoms with Gasteiger partial charge in [-0.1, -0.05) is 45.0 Å². The van der Waals surface area contributed by atoms with Crippen LogP contribution in [0.4, 0.5) is 0 Å². The van der Waals surface area contributed by atoms with E-state index in [0.717, 1.165) is 5.56 Å². The third-order valence-electron chi connectivity index (χ3n) is 2.70. The van der Waals surface area contributed by atoms with Gasteiger partial charge < -0.3 is 10.2 Å². The van der Waals surface area contributed by atoms with Gasteiger partial charge in [0.2, 0.25) is 0 Å². The lowest BCUT2D eigenvalue weighted by molar-refractivity contribution is -0.139. The molecule has 0 heterocycles. The van der Waals surface area contributed by atoms with Gasteiger partial charge in [0.05, 0.1) is 12.5 Å². The SMILES string of the molecule is CC(C)(C)c1ccc(C[C@H](O)CC(=O)O)cc1. The highest BCUT2D eigenvalue weighted by molar-refractivity contribution is 5.67. The van der Waals surface area contributed by atoms with E-state index in [2.05, 4.69) is 20.8 Å². The molecule has 0 radical (unpaired) electrons. The lowest BCUT2D eigenvalue weighted by Crippen LogP contribution is -2.16. The molecule has 0 amide bonds. The topological polar surface area (TPSA) is 57.5 Å². The zero-order chi connectivity index (χ0) is 13.1. The summed E-state index contributed by atoms with van der Waals surface area (Å²) < 4.78 is 0. The van der Waals surface area contributed by atoms with Gasteiger partial charge in [0.1, 0.15) is 0 Å². The number of benzene rings is 1. The fourth-order valence-electron chi connectivity index (χ4n) is 1.69. The standard InChI is InChI=1S/C14H20O3/c1-14(2,3)11-6-4-10(5-7-11)8-12(15)9-13(16)17/h4-7,12,15H,8-9H2,1-3H3,(H,16,17)/t12-/m0/s1. The maximum absolute atomic E-state index is 10.4. The van der Waals surface area contributed by atoms with Crippen LogP contribution in [0.1, 0.15) is 38.3 Å². The molecule has 0 aliphatic carbocycles. The van der Waals surface area contributed by atoms with Gasteiger partial charge in [-0.3, -0.25) is 4.79 Å². The van der Waals surface area contributed by atoms with Crippen molar-refractivity contribution >= 4 is 5.97 Å². The Labute approximate surface area is 102 Å². The molecule has 0 spiro atoms. The Hall–Kier alpha value is -1.35. The Morgan fingerprint density at radius 2 is 1.76 bits per heavy atom. The van der Waals surface area contributed by atoms with Crippen molar-refractivity contribution in [3.05, 3.63) is 35.4 Å². The average molecular weight is 236 g/mol. The summed E-state index contributed by atoms with van der Waals surface area (Å²) in [5.74, 6) is -0.969. The van der Waals surface area contributed by atoms with E-state index in [9.17, 15) is 9.90 Å². The van der Waals surface area contributed by atoms with Crippen LogP contribution in [0.2, 0.25) is 0 Å². The Morgan fingerprint density at radius 1 is 1.24 bits per heavy atom. The Morgan fingerprint density at radius 3 is 2.18 bits per heavy atom. The number of carboxylic acid groups (broad SMARTS) is 1. The quantitative estimate of drug-likeness (QED) is 0.843. The molecule has 0 fully saturated rings. The summed E-state index contributed by atoms with van der Waals surface area (Å²) in [6.07, 6.45) is -0.634. The van der Waals surface area contributed by atoms with Crippen LogP contribution in [-0.4, -0.2) is 22.3 Å². The summed E-state index contributed by atoms with van der Waals surface area (Å²) in [6.45, 7) is 6.42. The van der Waals surface area contributed by atoms with Crippen molar-refractivity contribution in [1.29, 1.82) is 0 Å². The van der Waals surface area contributed by atoms with Gasteiger partial charge in [-0.15, -0.1) is 0 Å². The highest BCUT2D eigenvalue weighted by Gasteiger charge is 2.14. The predicted octanol–water partition coefficient (Wildman–Crippen LogP) is 2.36. The minimum absolute atomic E-state index is 0.109. The summed E-state index contributed by atoms with van der Waals surface area (Å²) in [7, 11) is 0. The number of aliphatic carboxylic acids is 1. The number of hydrogen-bond donors (Lipinski definition) is 2. The minimum Gasteiger partial charge on any atom is -0.481 e. The normalized spacial score (nSPS) is 13.4. The fraction of sp³-hybridized carbons (Fsp3) is 0.500. The van der Waals surface area contributed by atoms with Crippen LogP contribution in [0.25, 0.3) is 0 Å². The molecule has 1 atom stereocenters. The van der Waals surface area contributed by atoms with Crippen LogP contribution >= 0.6 is 0 Å². The number of carbonyl (C=O) groups is 1. The van der Waals surface area contributed by atoms with Crippen molar-refractivity contribution in [1.82, 2.24) is 0 Å². The molecule has 0 aliphatic rings. The summed E-state index contributed by atoms with van der Waals surface area (Å²) in [5.41, 5.74) is 2.30. The maximum Gasteiger partial charge on any atom is 0.305 e. The van der Waals surface area contributed by atoms with Crippen LogP contribution in [0.3, 0.4) is 0 Å². The van der Waals surface area contributed by atoms with Gasteiger partial charge in [-0.05, 0) is 23.0 Å². The van der Waals surface area contributed by atoms with Gasteiger partial charge >= 0.3 is 5.97 Å². The monoisotopic (exact) mass is 236 g/mol. The number of hydrogen-bond acceptors (Lipinski definition) is 2. The Kier molecular flexibility index (Phi) is 4.29. The maximum atomic E-state index is 10.4. The molecule has 1 aromatic carbocycles. The van der Waals surface area contributed by atoms with Gasteiger partial charge in [0, 0.05) is 0 Å². The molecule has 3 heteroatoms. The van der Waals surface area contributed by atoms with Crippen molar-refractivity contribution < 1.29 is 15.0 Å². The first kappa shape index (κ1) is 13.7. The average Bonchev–Trinajstić information content (AvgIpc) is 2.15. The van der Waals surface area contributed by atoms with Crippen LogP contribution in [0, 0.1) is 0 Å². The fourth-order valence-corrected chi connectivity index (χ4v) is 1.69. The van der Waals surface area contributed by atoms with E-state index in [-0.39, 0.29) is 11.8 Å². The molecule has 0 aromatic heterocycles. The second-order valence-electron chi connectivity index (χ2n) is 5.40. The number of carboxylic acids is 1. The highest BCUT2D eigenvalue weighted by atomic mass is 16.4. The van der Waals surface area contributed by atoms with Crippen LogP contribution in [-0.2, 0) is 16.6 Å². The second kappa shape index (κ2) is 5.32. The molecule has 17 heavy (non-hydrogen) atoms. The van der Waals surface area contributed by atoms with E-state index in [4.69, 9.17) is 5.11 Å². The van der Waals surface area contributed by atoms with Gasteiger partial charge in [-0.2, -0.15) is 0 Å². The number of aliphatic hydroxyl groups excluding tert-OH is 1. The van der Waals surface area contributed by atoms with Crippen LogP contribution < -0.4 is 0 Å². The third-order valence-corrected chi connectivity index (χ3v) is 2.70. The molecular weight excluding hydrogens is 216 g/mol.